The highest BCUT2D eigenvalue weighted by Gasteiger charge is 2.32. The highest BCUT2D eigenvalue weighted by molar-refractivity contribution is 7.89. The molecule has 0 saturated carbocycles. The first-order chi connectivity index (χ1) is 12.0. The van der Waals surface area contributed by atoms with Crippen LogP contribution in [0.15, 0.2) is 29.4 Å². The fourth-order valence-electron chi connectivity index (χ4n) is 3.14. The smallest absolute Gasteiger partial charge is 0.246 e. The maximum absolute atomic E-state index is 13.1. The van der Waals surface area contributed by atoms with Crippen LogP contribution >= 0.6 is 0 Å². The second-order valence-electron chi connectivity index (χ2n) is 5.94. The van der Waals surface area contributed by atoms with Crippen molar-refractivity contribution in [2.75, 3.05) is 27.3 Å². The van der Waals surface area contributed by atoms with Gasteiger partial charge in [0, 0.05) is 25.2 Å². The fourth-order valence-corrected chi connectivity index (χ4v) is 4.78. The summed E-state index contributed by atoms with van der Waals surface area (Å²) in [5, 5.41) is 7.90. The quantitative estimate of drug-likeness (QED) is 0.799. The first kappa shape index (κ1) is 17.7. The molecule has 0 radical (unpaired) electrons. The lowest BCUT2D eigenvalue weighted by atomic mass is 10.1. The lowest BCUT2D eigenvalue weighted by molar-refractivity contribution is 0.270. The molecule has 1 aromatic carbocycles. The Bertz CT molecular complexity index is 842. The van der Waals surface area contributed by atoms with Crippen LogP contribution in [0.3, 0.4) is 0 Å². The minimum atomic E-state index is -3.65. The molecule has 0 aliphatic carbocycles. The van der Waals surface area contributed by atoms with Crippen LogP contribution in [0.4, 0.5) is 0 Å². The molecule has 0 bridgehead atoms. The lowest BCUT2D eigenvalue weighted by Gasteiger charge is -2.32. The lowest BCUT2D eigenvalue weighted by Crippen LogP contribution is -2.39. The molecule has 136 valence electrons. The van der Waals surface area contributed by atoms with Crippen molar-refractivity contribution in [3.63, 3.8) is 0 Å². The summed E-state index contributed by atoms with van der Waals surface area (Å²) in [6.45, 7) is 2.77. The highest BCUT2D eigenvalue weighted by Crippen LogP contribution is 2.33. The van der Waals surface area contributed by atoms with E-state index in [0.717, 1.165) is 5.82 Å². The number of sulfonamides is 1. The van der Waals surface area contributed by atoms with Crippen LogP contribution in [0.2, 0.25) is 0 Å². The van der Waals surface area contributed by atoms with E-state index >= 15 is 0 Å². The second-order valence-corrected chi connectivity index (χ2v) is 7.84. The van der Waals surface area contributed by atoms with Gasteiger partial charge in [-0.3, -0.25) is 0 Å². The Morgan fingerprint density at radius 2 is 1.88 bits per heavy atom. The largest absolute Gasteiger partial charge is 0.497 e. The third kappa shape index (κ3) is 3.34. The summed E-state index contributed by atoms with van der Waals surface area (Å²) < 4.78 is 40.0. The topological polar surface area (TPSA) is 86.5 Å². The number of hydrogen-bond donors (Lipinski definition) is 0. The third-order valence-electron chi connectivity index (χ3n) is 4.56. The summed E-state index contributed by atoms with van der Waals surface area (Å²) in [7, 11) is -0.687. The number of hydrogen-bond acceptors (Lipinski definition) is 6. The van der Waals surface area contributed by atoms with Crippen LogP contribution in [-0.2, 0) is 10.0 Å². The number of rotatable bonds is 5. The molecular weight excluding hydrogens is 344 g/mol. The van der Waals surface area contributed by atoms with Gasteiger partial charge in [-0.1, -0.05) is 0 Å². The Kier molecular flexibility index (Phi) is 4.96. The van der Waals surface area contributed by atoms with Crippen molar-refractivity contribution in [2.24, 2.45) is 0 Å². The van der Waals surface area contributed by atoms with Crippen molar-refractivity contribution < 1.29 is 17.9 Å². The third-order valence-corrected chi connectivity index (χ3v) is 6.48. The van der Waals surface area contributed by atoms with Gasteiger partial charge < -0.3 is 14.0 Å². The van der Waals surface area contributed by atoms with Gasteiger partial charge in [-0.25, -0.2) is 8.42 Å². The highest BCUT2D eigenvalue weighted by atomic mass is 32.2. The number of piperidine rings is 1. The molecule has 1 saturated heterocycles. The Hall–Kier alpha value is -2.13. The van der Waals surface area contributed by atoms with Gasteiger partial charge in [0.25, 0.3) is 0 Å². The molecule has 0 atom stereocenters. The molecule has 0 N–H and O–H groups in total. The first-order valence-corrected chi connectivity index (χ1v) is 9.49. The molecule has 1 aromatic heterocycles. The van der Waals surface area contributed by atoms with Gasteiger partial charge in [-0.15, -0.1) is 10.2 Å². The molecule has 3 rings (SSSR count). The van der Waals surface area contributed by atoms with Crippen LogP contribution in [0.1, 0.15) is 24.7 Å². The maximum atomic E-state index is 13.1. The van der Waals surface area contributed by atoms with Crippen LogP contribution in [0.25, 0.3) is 0 Å². The molecule has 1 fully saturated rings. The molecule has 2 aromatic rings. The maximum Gasteiger partial charge on any atom is 0.246 e. The predicted octanol–water partition coefficient (Wildman–Crippen LogP) is 1.63. The molecule has 25 heavy (non-hydrogen) atoms. The molecule has 0 amide bonds. The fraction of sp³-hybridized carbons (Fsp3) is 0.500. The summed E-state index contributed by atoms with van der Waals surface area (Å²) in [6.07, 6.45) is 3.13. The SMILES string of the molecule is COc1ccc(OC)c(S(=O)(=O)N2CCC(n3cnnc3C)CC2)c1. The summed E-state index contributed by atoms with van der Waals surface area (Å²) in [5.41, 5.74) is 0. The van der Waals surface area contributed by atoms with Gasteiger partial charge in [0.05, 0.1) is 14.2 Å². The number of ether oxygens (including phenoxy) is 2. The Labute approximate surface area is 147 Å². The van der Waals surface area contributed by atoms with Crippen molar-refractivity contribution >= 4 is 10.0 Å². The molecule has 0 unspecified atom stereocenters. The Balaban J connectivity index is 1.82. The number of aryl methyl sites for hydroxylation is 1. The number of benzene rings is 1. The average molecular weight is 366 g/mol. The first-order valence-electron chi connectivity index (χ1n) is 8.05. The van der Waals surface area contributed by atoms with E-state index in [1.807, 2.05) is 11.5 Å². The van der Waals surface area contributed by atoms with E-state index < -0.39 is 10.0 Å². The zero-order valence-electron chi connectivity index (χ0n) is 14.5. The minimum Gasteiger partial charge on any atom is -0.497 e. The van der Waals surface area contributed by atoms with Gasteiger partial charge in [-0.05, 0) is 31.9 Å². The molecule has 8 nitrogen and oxygen atoms in total. The molecule has 9 heteroatoms. The number of nitrogens with zero attached hydrogens (tertiary/aromatic N) is 4. The average Bonchev–Trinajstić information content (AvgIpc) is 3.07. The second kappa shape index (κ2) is 7.01. The molecule has 0 spiro atoms. The standard InChI is InChI=1S/C16H22N4O4S/c1-12-18-17-11-20(12)13-6-8-19(9-7-13)25(21,22)16-10-14(23-2)4-5-15(16)24-3/h4-5,10-11,13H,6-9H2,1-3H3. The van der Waals surface area contributed by atoms with Crippen molar-refractivity contribution in [1.82, 2.24) is 19.1 Å². The summed E-state index contributed by atoms with van der Waals surface area (Å²) in [4.78, 5) is 0.133. The zero-order chi connectivity index (χ0) is 18.0. The summed E-state index contributed by atoms with van der Waals surface area (Å²) >= 11 is 0. The Morgan fingerprint density at radius 3 is 2.44 bits per heavy atom. The van der Waals surface area contributed by atoms with E-state index in [9.17, 15) is 8.42 Å². The normalized spacial score (nSPS) is 16.8. The van der Waals surface area contributed by atoms with Crippen LogP contribution in [-0.4, -0.2) is 54.8 Å². The molecule has 1 aliphatic heterocycles. The van der Waals surface area contributed by atoms with Gasteiger partial charge in [0.2, 0.25) is 10.0 Å². The minimum absolute atomic E-state index is 0.133. The summed E-state index contributed by atoms with van der Waals surface area (Å²) in [5.74, 6) is 1.64. The Morgan fingerprint density at radius 1 is 1.16 bits per heavy atom. The monoisotopic (exact) mass is 366 g/mol. The molecule has 2 heterocycles. The van der Waals surface area contributed by atoms with Gasteiger partial charge in [0.15, 0.2) is 0 Å². The van der Waals surface area contributed by atoms with Gasteiger partial charge in [-0.2, -0.15) is 4.31 Å². The van der Waals surface area contributed by atoms with E-state index in [1.165, 1.54) is 24.6 Å². The summed E-state index contributed by atoms with van der Waals surface area (Å²) in [6, 6.07) is 5.01. The molecule has 1 aliphatic rings. The van der Waals surface area contributed by atoms with Crippen molar-refractivity contribution in [2.45, 2.75) is 30.7 Å². The van der Waals surface area contributed by atoms with Crippen molar-refractivity contribution in [1.29, 1.82) is 0 Å². The van der Waals surface area contributed by atoms with E-state index in [0.29, 0.717) is 37.4 Å². The van der Waals surface area contributed by atoms with E-state index in [1.54, 1.807) is 18.5 Å². The van der Waals surface area contributed by atoms with E-state index in [-0.39, 0.29) is 10.9 Å². The van der Waals surface area contributed by atoms with Crippen LogP contribution in [0.5, 0.6) is 11.5 Å². The zero-order valence-corrected chi connectivity index (χ0v) is 15.4. The van der Waals surface area contributed by atoms with Crippen molar-refractivity contribution in [3.05, 3.63) is 30.4 Å². The van der Waals surface area contributed by atoms with Crippen molar-refractivity contribution in [3.8, 4) is 11.5 Å². The van der Waals surface area contributed by atoms with Crippen LogP contribution < -0.4 is 9.47 Å². The molecular formula is C16H22N4O4S. The van der Waals surface area contributed by atoms with Crippen LogP contribution in [0, 0.1) is 6.92 Å². The predicted molar refractivity (Wildman–Crippen MR) is 91.3 cm³/mol. The van der Waals surface area contributed by atoms with Gasteiger partial charge in [0.1, 0.15) is 28.5 Å². The van der Waals surface area contributed by atoms with Gasteiger partial charge >= 0.3 is 0 Å². The number of methoxy groups -OCH3 is 2. The van der Waals surface area contributed by atoms with E-state index in [4.69, 9.17) is 9.47 Å². The number of aromatic nitrogens is 3. The van der Waals surface area contributed by atoms with E-state index in [2.05, 4.69) is 10.2 Å².